The number of ether oxygens (including phenoxy) is 1. The van der Waals surface area contributed by atoms with Crippen molar-refractivity contribution in [1.82, 2.24) is 4.98 Å². The van der Waals surface area contributed by atoms with Gasteiger partial charge in [0.05, 0.1) is 12.6 Å². The molecule has 15 heavy (non-hydrogen) atoms. The van der Waals surface area contributed by atoms with Crippen LogP contribution in [0.5, 0.6) is 0 Å². The third kappa shape index (κ3) is 4.59. The number of pyridine rings is 1. The molecule has 1 aromatic rings. The van der Waals surface area contributed by atoms with Gasteiger partial charge in [0.2, 0.25) is 0 Å². The first-order valence-corrected chi connectivity index (χ1v) is 5.62. The van der Waals surface area contributed by atoms with E-state index in [-0.39, 0.29) is 6.04 Å². The van der Waals surface area contributed by atoms with Crippen LogP contribution in [-0.4, -0.2) is 31.3 Å². The van der Waals surface area contributed by atoms with E-state index in [1.165, 1.54) is 0 Å². The Bertz CT molecular complexity index is 273. The number of anilines is 1. The Morgan fingerprint density at radius 1 is 1.60 bits per heavy atom. The number of nitrogens with zero attached hydrogens (tertiary/aromatic N) is 1. The highest BCUT2D eigenvalue weighted by molar-refractivity contribution is 9.10. The quantitative estimate of drug-likeness (QED) is 0.827. The first kappa shape index (κ1) is 12.4. The summed E-state index contributed by atoms with van der Waals surface area (Å²) in [4.78, 5) is 4.23. The molecule has 1 atom stereocenters. The topological polar surface area (TPSA) is 60.2 Å². The van der Waals surface area contributed by atoms with Crippen LogP contribution in [0.4, 0.5) is 5.82 Å². The minimum Gasteiger partial charge on any atom is -0.383 e. The van der Waals surface area contributed by atoms with Crippen molar-refractivity contribution in [3.8, 4) is 0 Å². The van der Waals surface area contributed by atoms with Crippen LogP contribution in [0, 0.1) is 0 Å². The zero-order valence-electron chi connectivity index (χ0n) is 8.74. The Balaban J connectivity index is 2.53. The van der Waals surface area contributed by atoms with E-state index in [0.29, 0.717) is 13.2 Å². The van der Waals surface area contributed by atoms with Crippen LogP contribution in [0.3, 0.4) is 0 Å². The molecule has 0 fully saturated rings. The summed E-state index contributed by atoms with van der Waals surface area (Å²) in [6.45, 7) is 1.27. The average Bonchev–Trinajstić information content (AvgIpc) is 2.22. The van der Waals surface area contributed by atoms with E-state index in [1.54, 1.807) is 13.3 Å². The molecule has 0 radical (unpaired) electrons. The van der Waals surface area contributed by atoms with Crippen molar-refractivity contribution < 1.29 is 4.74 Å². The van der Waals surface area contributed by atoms with Gasteiger partial charge in [-0.25, -0.2) is 4.98 Å². The first-order chi connectivity index (χ1) is 7.26. The van der Waals surface area contributed by atoms with Crippen LogP contribution in [-0.2, 0) is 4.74 Å². The predicted octanol–water partition coefficient (Wildman–Crippen LogP) is 1.62. The maximum Gasteiger partial charge on any atom is 0.126 e. The van der Waals surface area contributed by atoms with Crippen molar-refractivity contribution in [2.45, 2.75) is 12.5 Å². The molecule has 3 N–H and O–H groups in total. The van der Waals surface area contributed by atoms with Gasteiger partial charge in [-0.1, -0.05) is 0 Å². The Labute approximate surface area is 98.3 Å². The lowest BCUT2D eigenvalue weighted by atomic mass is 10.2. The fourth-order valence-electron chi connectivity index (χ4n) is 1.27. The lowest BCUT2D eigenvalue weighted by Crippen LogP contribution is -2.28. The lowest BCUT2D eigenvalue weighted by molar-refractivity contribution is 0.183. The molecule has 1 heterocycles. The van der Waals surface area contributed by atoms with Crippen LogP contribution in [0.15, 0.2) is 22.8 Å². The van der Waals surface area contributed by atoms with Gasteiger partial charge in [0.15, 0.2) is 0 Å². The number of nitrogens with two attached hydrogens (primary N) is 1. The second-order valence-electron chi connectivity index (χ2n) is 3.24. The lowest BCUT2D eigenvalue weighted by Gasteiger charge is -2.17. The maximum atomic E-state index is 5.51. The fourth-order valence-corrected chi connectivity index (χ4v) is 1.50. The highest BCUT2D eigenvalue weighted by atomic mass is 79.9. The third-order valence-electron chi connectivity index (χ3n) is 1.96. The Morgan fingerprint density at radius 3 is 2.93 bits per heavy atom. The molecule has 1 aromatic heterocycles. The molecule has 4 nitrogen and oxygen atoms in total. The second-order valence-corrected chi connectivity index (χ2v) is 4.15. The van der Waals surface area contributed by atoms with E-state index in [2.05, 4.69) is 26.2 Å². The predicted molar refractivity (Wildman–Crippen MR) is 64.9 cm³/mol. The van der Waals surface area contributed by atoms with Crippen molar-refractivity contribution in [3.63, 3.8) is 0 Å². The number of rotatable bonds is 6. The highest BCUT2D eigenvalue weighted by Crippen LogP contribution is 2.11. The van der Waals surface area contributed by atoms with Gasteiger partial charge in [0, 0.05) is 17.8 Å². The summed E-state index contributed by atoms with van der Waals surface area (Å²) in [5, 5.41) is 3.27. The van der Waals surface area contributed by atoms with Crippen LogP contribution >= 0.6 is 15.9 Å². The minimum absolute atomic E-state index is 0.216. The van der Waals surface area contributed by atoms with E-state index in [9.17, 15) is 0 Å². The van der Waals surface area contributed by atoms with Gasteiger partial charge in [0.1, 0.15) is 5.82 Å². The van der Waals surface area contributed by atoms with E-state index < -0.39 is 0 Å². The van der Waals surface area contributed by atoms with Crippen molar-refractivity contribution in [1.29, 1.82) is 0 Å². The highest BCUT2D eigenvalue weighted by Gasteiger charge is 2.07. The smallest absolute Gasteiger partial charge is 0.126 e. The largest absolute Gasteiger partial charge is 0.383 e. The Hall–Kier alpha value is -0.650. The molecule has 0 aliphatic rings. The van der Waals surface area contributed by atoms with E-state index in [4.69, 9.17) is 10.5 Å². The first-order valence-electron chi connectivity index (χ1n) is 4.83. The van der Waals surface area contributed by atoms with Gasteiger partial charge >= 0.3 is 0 Å². The van der Waals surface area contributed by atoms with Crippen LogP contribution in [0.1, 0.15) is 6.42 Å². The van der Waals surface area contributed by atoms with Crippen LogP contribution in [0.2, 0.25) is 0 Å². The molecule has 84 valence electrons. The summed E-state index contributed by atoms with van der Waals surface area (Å²) in [7, 11) is 1.68. The number of aromatic nitrogens is 1. The SMILES string of the molecule is COCC(CCN)Nc1ccc(Br)cn1. The van der Waals surface area contributed by atoms with E-state index >= 15 is 0 Å². The zero-order valence-corrected chi connectivity index (χ0v) is 10.3. The van der Waals surface area contributed by atoms with Crippen molar-refractivity contribution in [2.24, 2.45) is 5.73 Å². The van der Waals surface area contributed by atoms with Gasteiger partial charge in [-0.3, -0.25) is 0 Å². The van der Waals surface area contributed by atoms with E-state index in [1.807, 2.05) is 12.1 Å². The van der Waals surface area contributed by atoms with Crippen molar-refractivity contribution in [2.75, 3.05) is 25.6 Å². The molecule has 0 amide bonds. The molecule has 0 saturated heterocycles. The molecule has 0 bridgehead atoms. The summed E-state index contributed by atoms with van der Waals surface area (Å²) >= 11 is 3.34. The molecule has 0 spiro atoms. The van der Waals surface area contributed by atoms with Crippen LogP contribution < -0.4 is 11.1 Å². The van der Waals surface area contributed by atoms with Crippen LogP contribution in [0.25, 0.3) is 0 Å². The number of methoxy groups -OCH3 is 1. The number of hydrogen-bond donors (Lipinski definition) is 2. The standard InChI is InChI=1S/C10H16BrN3O/c1-15-7-9(4-5-12)14-10-3-2-8(11)6-13-10/h2-3,6,9H,4-5,7,12H2,1H3,(H,13,14). The van der Waals surface area contributed by atoms with Gasteiger partial charge in [-0.05, 0) is 41.0 Å². The molecule has 0 aromatic carbocycles. The van der Waals surface area contributed by atoms with Crippen molar-refractivity contribution in [3.05, 3.63) is 22.8 Å². The molecule has 1 rings (SSSR count). The van der Waals surface area contributed by atoms with Gasteiger partial charge < -0.3 is 15.8 Å². The minimum atomic E-state index is 0.216. The van der Waals surface area contributed by atoms with E-state index in [0.717, 1.165) is 16.7 Å². The summed E-state index contributed by atoms with van der Waals surface area (Å²) < 4.78 is 6.07. The summed E-state index contributed by atoms with van der Waals surface area (Å²) in [6.07, 6.45) is 2.63. The summed E-state index contributed by atoms with van der Waals surface area (Å²) in [5.41, 5.74) is 5.51. The van der Waals surface area contributed by atoms with Gasteiger partial charge in [0.25, 0.3) is 0 Å². The van der Waals surface area contributed by atoms with Gasteiger partial charge in [-0.2, -0.15) is 0 Å². The third-order valence-corrected chi connectivity index (χ3v) is 2.43. The molecule has 5 heteroatoms. The molecular formula is C10H16BrN3O. The Kier molecular flexibility index (Phi) is 5.60. The zero-order chi connectivity index (χ0) is 11.1. The number of hydrogen-bond acceptors (Lipinski definition) is 4. The normalized spacial score (nSPS) is 12.5. The molecule has 0 saturated carbocycles. The molecule has 0 aliphatic heterocycles. The summed E-state index contributed by atoms with van der Waals surface area (Å²) in [6, 6.07) is 4.08. The van der Waals surface area contributed by atoms with Crippen molar-refractivity contribution >= 4 is 21.7 Å². The maximum absolute atomic E-state index is 5.51. The molecule has 0 aliphatic carbocycles. The number of halogens is 1. The fraction of sp³-hybridized carbons (Fsp3) is 0.500. The Morgan fingerprint density at radius 2 is 2.40 bits per heavy atom. The monoisotopic (exact) mass is 273 g/mol. The second kappa shape index (κ2) is 6.76. The number of nitrogens with one attached hydrogen (secondary N) is 1. The summed E-state index contributed by atoms with van der Waals surface area (Å²) in [5.74, 6) is 0.841. The molecular weight excluding hydrogens is 258 g/mol. The molecule has 1 unspecified atom stereocenters. The van der Waals surface area contributed by atoms with Gasteiger partial charge in [-0.15, -0.1) is 0 Å². The average molecular weight is 274 g/mol.